The normalized spacial score (nSPS) is 15.3. The lowest BCUT2D eigenvalue weighted by atomic mass is 10.1. The number of nitrogens with one attached hydrogen (secondary N) is 2. The molecule has 10 heteroatoms. The Labute approximate surface area is 206 Å². The molecular weight excluding hydrogens is 472 g/mol. The number of methoxy groups -OCH3 is 1. The predicted octanol–water partition coefficient (Wildman–Crippen LogP) is 4.52. The zero-order valence-corrected chi connectivity index (χ0v) is 20.4. The maximum atomic E-state index is 12.1. The van der Waals surface area contributed by atoms with Crippen LogP contribution in [0.3, 0.4) is 0 Å². The van der Waals surface area contributed by atoms with Gasteiger partial charge in [-0.05, 0) is 74.0 Å². The van der Waals surface area contributed by atoms with Crippen molar-refractivity contribution in [3.63, 3.8) is 0 Å². The van der Waals surface area contributed by atoms with Gasteiger partial charge in [0.25, 0.3) is 11.1 Å². The van der Waals surface area contributed by atoms with Gasteiger partial charge >= 0.3 is 6.09 Å². The van der Waals surface area contributed by atoms with Crippen molar-refractivity contribution in [2.75, 3.05) is 7.11 Å². The molecule has 2 N–H and O–H groups in total. The summed E-state index contributed by atoms with van der Waals surface area (Å²) in [5.74, 6) is 2.46. The summed E-state index contributed by atoms with van der Waals surface area (Å²) in [5.41, 5.74) is 0.614. The standard InChI is InChI=1S/C25H24N2O7S/c1-25(2,3)34-23(30)27-22(32-4)19(14-28)16-7-11-18(12-8-16)33-17-9-5-15(6-10-17)13-20-21(29)26-24(31)35-20/h5-13,22H,1-4H3,(H,27,30)(H,26,29,31). The van der Waals surface area contributed by atoms with E-state index in [9.17, 15) is 19.2 Å². The highest BCUT2D eigenvalue weighted by Gasteiger charge is 2.25. The third-order valence-electron chi connectivity index (χ3n) is 4.48. The van der Waals surface area contributed by atoms with Gasteiger partial charge in [0.05, 0.1) is 10.5 Å². The van der Waals surface area contributed by atoms with Gasteiger partial charge < -0.3 is 14.2 Å². The first-order valence-electron chi connectivity index (χ1n) is 10.5. The molecule has 1 aliphatic heterocycles. The SMILES string of the molecule is COC(NC(=O)OC(C)(C)C)C(=C=O)c1ccc(Oc2ccc(C=C3SC(=O)NC3=O)cc2)cc1. The Balaban J connectivity index is 1.66. The van der Waals surface area contributed by atoms with Crippen LogP contribution in [0.2, 0.25) is 0 Å². The minimum absolute atomic E-state index is 0.0922. The molecule has 2 aromatic rings. The van der Waals surface area contributed by atoms with E-state index in [0.717, 1.165) is 17.3 Å². The summed E-state index contributed by atoms with van der Waals surface area (Å²) in [6, 6.07) is 13.6. The minimum atomic E-state index is -1.05. The quantitative estimate of drug-likeness (QED) is 0.326. The topological polar surface area (TPSA) is 120 Å². The molecule has 35 heavy (non-hydrogen) atoms. The Morgan fingerprint density at radius 2 is 1.66 bits per heavy atom. The van der Waals surface area contributed by atoms with Crippen molar-refractivity contribution in [2.24, 2.45) is 0 Å². The first kappa shape index (κ1) is 25.8. The van der Waals surface area contributed by atoms with Crippen molar-refractivity contribution in [3.05, 3.63) is 64.6 Å². The van der Waals surface area contributed by atoms with Crippen LogP contribution in [-0.4, -0.2) is 42.1 Å². The molecule has 3 amide bonds. The summed E-state index contributed by atoms with van der Waals surface area (Å²) in [4.78, 5) is 46.9. The second-order valence-electron chi connectivity index (χ2n) is 8.33. The Hall–Kier alpha value is -3.85. The molecule has 0 aliphatic carbocycles. The lowest BCUT2D eigenvalue weighted by Gasteiger charge is -2.23. The monoisotopic (exact) mass is 496 g/mol. The maximum Gasteiger partial charge on any atom is 0.409 e. The molecule has 1 aliphatic rings. The Kier molecular flexibility index (Phi) is 8.14. The van der Waals surface area contributed by atoms with Crippen LogP contribution in [0.5, 0.6) is 11.5 Å². The second-order valence-corrected chi connectivity index (χ2v) is 9.34. The number of rotatable bonds is 7. The average molecular weight is 497 g/mol. The van der Waals surface area contributed by atoms with Crippen LogP contribution in [0.15, 0.2) is 53.4 Å². The first-order valence-corrected chi connectivity index (χ1v) is 11.3. The molecule has 182 valence electrons. The fourth-order valence-electron chi connectivity index (χ4n) is 2.97. The van der Waals surface area contributed by atoms with Crippen LogP contribution in [0.1, 0.15) is 31.9 Å². The molecule has 9 nitrogen and oxygen atoms in total. The maximum absolute atomic E-state index is 12.1. The fourth-order valence-corrected chi connectivity index (χ4v) is 3.65. The lowest BCUT2D eigenvalue weighted by Crippen LogP contribution is -2.40. The molecule has 0 radical (unpaired) electrons. The minimum Gasteiger partial charge on any atom is -0.457 e. The van der Waals surface area contributed by atoms with Crippen molar-refractivity contribution in [2.45, 2.75) is 32.6 Å². The van der Waals surface area contributed by atoms with Gasteiger partial charge in [0.1, 0.15) is 23.0 Å². The van der Waals surface area contributed by atoms with E-state index < -0.39 is 29.1 Å². The highest BCUT2D eigenvalue weighted by Crippen LogP contribution is 2.28. The molecule has 1 heterocycles. The van der Waals surface area contributed by atoms with Crippen LogP contribution >= 0.6 is 11.8 Å². The number of carbonyl (C=O) groups is 3. The van der Waals surface area contributed by atoms with Crippen LogP contribution in [0.4, 0.5) is 9.59 Å². The molecule has 2 aromatic carbocycles. The van der Waals surface area contributed by atoms with Gasteiger partial charge in [-0.2, -0.15) is 0 Å². The van der Waals surface area contributed by atoms with Crippen LogP contribution in [0, 0.1) is 0 Å². The summed E-state index contributed by atoms with van der Waals surface area (Å²) in [7, 11) is 1.35. The van der Waals surface area contributed by atoms with Crippen molar-refractivity contribution in [1.29, 1.82) is 0 Å². The second kappa shape index (κ2) is 11.1. The summed E-state index contributed by atoms with van der Waals surface area (Å²) in [5, 5.41) is 4.31. The van der Waals surface area contributed by atoms with Gasteiger partial charge in [-0.1, -0.05) is 24.3 Å². The highest BCUT2D eigenvalue weighted by molar-refractivity contribution is 8.18. The largest absolute Gasteiger partial charge is 0.457 e. The number of hydrogen-bond donors (Lipinski definition) is 2. The van der Waals surface area contributed by atoms with E-state index in [1.165, 1.54) is 7.11 Å². The van der Waals surface area contributed by atoms with Gasteiger partial charge in [0.15, 0.2) is 6.23 Å². The van der Waals surface area contributed by atoms with E-state index in [0.29, 0.717) is 22.0 Å². The fraction of sp³-hybridized carbons (Fsp3) is 0.240. The van der Waals surface area contributed by atoms with Gasteiger partial charge in [-0.15, -0.1) is 0 Å². The molecule has 0 aromatic heterocycles. The number of alkyl carbamates (subject to hydrolysis) is 1. The van der Waals surface area contributed by atoms with Crippen molar-refractivity contribution >= 4 is 46.6 Å². The van der Waals surface area contributed by atoms with E-state index in [-0.39, 0.29) is 5.57 Å². The predicted molar refractivity (Wildman–Crippen MR) is 131 cm³/mol. The molecule has 1 unspecified atom stereocenters. The molecular formula is C25H24N2O7S. The Bertz CT molecular complexity index is 1190. The Morgan fingerprint density at radius 3 is 2.14 bits per heavy atom. The number of benzene rings is 2. The zero-order valence-electron chi connectivity index (χ0n) is 19.5. The third kappa shape index (κ3) is 7.31. The molecule has 1 saturated heterocycles. The van der Waals surface area contributed by atoms with Gasteiger partial charge in [-0.3, -0.25) is 20.2 Å². The van der Waals surface area contributed by atoms with Crippen molar-refractivity contribution < 1.29 is 33.4 Å². The Morgan fingerprint density at radius 1 is 1.06 bits per heavy atom. The molecule has 1 atom stereocenters. The van der Waals surface area contributed by atoms with Crippen LogP contribution in [0.25, 0.3) is 11.6 Å². The van der Waals surface area contributed by atoms with Crippen molar-refractivity contribution in [3.8, 4) is 11.5 Å². The lowest BCUT2D eigenvalue weighted by molar-refractivity contribution is -0.115. The number of hydrogen-bond acceptors (Lipinski definition) is 8. The van der Waals surface area contributed by atoms with Gasteiger partial charge in [0, 0.05) is 7.11 Å². The number of ether oxygens (including phenoxy) is 3. The number of imide groups is 1. The van der Waals surface area contributed by atoms with Crippen molar-refractivity contribution in [1.82, 2.24) is 10.6 Å². The van der Waals surface area contributed by atoms with E-state index >= 15 is 0 Å². The summed E-state index contributed by atoms with van der Waals surface area (Å²) in [6.07, 6.45) is -0.157. The van der Waals surface area contributed by atoms with E-state index in [1.807, 2.05) is 5.94 Å². The number of amides is 3. The molecule has 1 fully saturated rings. The van der Waals surface area contributed by atoms with E-state index in [4.69, 9.17) is 14.2 Å². The van der Waals surface area contributed by atoms with Gasteiger partial charge in [0.2, 0.25) is 0 Å². The molecule has 0 saturated carbocycles. The van der Waals surface area contributed by atoms with Gasteiger partial charge in [-0.25, -0.2) is 9.59 Å². The first-order chi connectivity index (χ1) is 16.6. The van der Waals surface area contributed by atoms with Crippen LogP contribution in [-0.2, 0) is 19.1 Å². The number of carbonyl (C=O) groups excluding carboxylic acids is 4. The highest BCUT2D eigenvalue weighted by atomic mass is 32.2. The number of thioether (sulfide) groups is 1. The summed E-state index contributed by atoms with van der Waals surface area (Å²) in [6.45, 7) is 5.18. The third-order valence-corrected chi connectivity index (χ3v) is 5.29. The zero-order chi connectivity index (χ0) is 25.6. The smallest absolute Gasteiger partial charge is 0.409 e. The van der Waals surface area contributed by atoms with E-state index in [1.54, 1.807) is 75.4 Å². The molecule has 0 spiro atoms. The van der Waals surface area contributed by atoms with Crippen LogP contribution < -0.4 is 15.4 Å². The summed E-state index contributed by atoms with van der Waals surface area (Å²) >= 11 is 0.851. The molecule has 3 rings (SSSR count). The molecule has 0 bridgehead atoms. The average Bonchev–Trinajstić information content (AvgIpc) is 3.11. The summed E-state index contributed by atoms with van der Waals surface area (Å²) < 4.78 is 16.3. The van der Waals surface area contributed by atoms with E-state index in [2.05, 4.69) is 10.6 Å².